The number of hydrogen-bond acceptors (Lipinski definition) is 3. The van der Waals surface area contributed by atoms with Gasteiger partial charge in [0.2, 0.25) is 0 Å². The number of hydrogen-bond donors (Lipinski definition) is 1. The van der Waals surface area contributed by atoms with Crippen molar-refractivity contribution in [3.8, 4) is 0 Å². The molecule has 0 amide bonds. The molecule has 2 atom stereocenters. The van der Waals surface area contributed by atoms with E-state index in [9.17, 15) is 4.79 Å². The van der Waals surface area contributed by atoms with E-state index in [2.05, 4.69) is 24.3 Å². The molecule has 0 bridgehead atoms. The van der Waals surface area contributed by atoms with Gasteiger partial charge in [-0.25, -0.2) is 0 Å². The Kier molecular flexibility index (Phi) is 6.36. The van der Waals surface area contributed by atoms with Gasteiger partial charge in [0.25, 0.3) is 0 Å². The number of carbonyl (C=O) groups excluding carboxylic acids is 1. The molecule has 2 aromatic rings. The molecule has 3 nitrogen and oxygen atoms in total. The molecule has 0 unspecified atom stereocenters. The van der Waals surface area contributed by atoms with Crippen molar-refractivity contribution in [2.24, 2.45) is 11.7 Å². The molecule has 122 valence electrons. The predicted molar refractivity (Wildman–Crippen MR) is 93.0 cm³/mol. The molecule has 0 aliphatic carbocycles. The lowest BCUT2D eigenvalue weighted by atomic mass is 9.88. The Bertz CT molecular complexity index is 554. The summed E-state index contributed by atoms with van der Waals surface area (Å²) in [4.78, 5) is 11.8. The first-order chi connectivity index (χ1) is 11.1. The maximum atomic E-state index is 11.8. The minimum absolute atomic E-state index is 0.186. The first-order valence-electron chi connectivity index (χ1n) is 8.10. The summed E-state index contributed by atoms with van der Waals surface area (Å²) in [5.74, 6) is -0.133. The molecule has 0 aliphatic heterocycles. The Balaban J connectivity index is 2.11. The average molecular weight is 311 g/mol. The Morgan fingerprint density at radius 1 is 0.913 bits per heavy atom. The summed E-state index contributed by atoms with van der Waals surface area (Å²) in [7, 11) is 0. The van der Waals surface area contributed by atoms with Crippen LogP contribution < -0.4 is 5.73 Å². The molecular formula is C20H25NO2. The van der Waals surface area contributed by atoms with Crippen LogP contribution in [0.1, 0.15) is 25.0 Å². The van der Waals surface area contributed by atoms with E-state index in [0.29, 0.717) is 0 Å². The van der Waals surface area contributed by atoms with E-state index < -0.39 is 6.04 Å². The van der Waals surface area contributed by atoms with Crippen LogP contribution in [0.5, 0.6) is 0 Å². The van der Waals surface area contributed by atoms with Gasteiger partial charge in [-0.05, 0) is 37.8 Å². The van der Waals surface area contributed by atoms with Crippen molar-refractivity contribution in [1.82, 2.24) is 0 Å². The molecule has 0 fully saturated rings. The highest BCUT2D eigenvalue weighted by molar-refractivity contribution is 5.75. The van der Waals surface area contributed by atoms with E-state index in [0.717, 1.165) is 12.8 Å². The predicted octanol–water partition coefficient (Wildman–Crippen LogP) is 3.37. The zero-order valence-electron chi connectivity index (χ0n) is 13.8. The van der Waals surface area contributed by atoms with Crippen LogP contribution in [0.15, 0.2) is 60.7 Å². The van der Waals surface area contributed by atoms with Crippen molar-refractivity contribution in [3.63, 3.8) is 0 Å². The second-order valence-electron chi connectivity index (χ2n) is 6.07. The van der Waals surface area contributed by atoms with Crippen molar-refractivity contribution in [3.05, 3.63) is 71.8 Å². The largest absolute Gasteiger partial charge is 0.461 e. The number of carbonyl (C=O) groups is 1. The lowest BCUT2D eigenvalue weighted by Gasteiger charge is -2.25. The SMILES string of the molecule is C[C@H](N)C(=O)O[C@@H](C)C(Cc1ccccc1)Cc1ccccc1. The van der Waals surface area contributed by atoms with E-state index >= 15 is 0 Å². The smallest absolute Gasteiger partial charge is 0.322 e. The lowest BCUT2D eigenvalue weighted by molar-refractivity contribution is -0.151. The highest BCUT2D eigenvalue weighted by Crippen LogP contribution is 2.20. The third-order valence-corrected chi connectivity index (χ3v) is 4.02. The van der Waals surface area contributed by atoms with Crippen LogP contribution in [0.3, 0.4) is 0 Å². The number of rotatable bonds is 7. The summed E-state index contributed by atoms with van der Waals surface area (Å²) in [6.45, 7) is 3.61. The first-order valence-corrected chi connectivity index (χ1v) is 8.10. The molecule has 0 saturated heterocycles. The van der Waals surface area contributed by atoms with E-state index in [-0.39, 0.29) is 18.0 Å². The maximum absolute atomic E-state index is 11.8. The zero-order valence-corrected chi connectivity index (χ0v) is 13.8. The van der Waals surface area contributed by atoms with Gasteiger partial charge >= 0.3 is 5.97 Å². The molecule has 0 heterocycles. The Morgan fingerprint density at radius 3 is 1.74 bits per heavy atom. The average Bonchev–Trinajstić information content (AvgIpc) is 2.56. The molecule has 0 spiro atoms. The van der Waals surface area contributed by atoms with Gasteiger partial charge in [0.15, 0.2) is 0 Å². The molecule has 0 radical (unpaired) electrons. The van der Waals surface area contributed by atoms with Crippen molar-refractivity contribution >= 4 is 5.97 Å². The summed E-state index contributed by atoms with van der Waals surface area (Å²) in [6, 6.07) is 20.0. The number of benzene rings is 2. The fourth-order valence-corrected chi connectivity index (χ4v) is 2.62. The highest BCUT2D eigenvalue weighted by atomic mass is 16.5. The fraction of sp³-hybridized carbons (Fsp3) is 0.350. The molecule has 3 heteroatoms. The van der Waals surface area contributed by atoms with Gasteiger partial charge < -0.3 is 10.5 Å². The number of esters is 1. The van der Waals surface area contributed by atoms with Gasteiger partial charge in [-0.15, -0.1) is 0 Å². The van der Waals surface area contributed by atoms with Gasteiger partial charge in [-0.2, -0.15) is 0 Å². The van der Waals surface area contributed by atoms with Crippen molar-refractivity contribution in [2.45, 2.75) is 38.8 Å². The van der Waals surface area contributed by atoms with E-state index in [1.165, 1.54) is 11.1 Å². The molecule has 2 N–H and O–H groups in total. The topological polar surface area (TPSA) is 52.3 Å². The van der Waals surface area contributed by atoms with Crippen molar-refractivity contribution in [1.29, 1.82) is 0 Å². The third kappa shape index (κ3) is 5.53. The van der Waals surface area contributed by atoms with Gasteiger partial charge in [0, 0.05) is 5.92 Å². The summed E-state index contributed by atoms with van der Waals surface area (Å²) >= 11 is 0. The van der Waals surface area contributed by atoms with Crippen LogP contribution in [0.4, 0.5) is 0 Å². The molecule has 2 rings (SSSR count). The third-order valence-electron chi connectivity index (χ3n) is 4.02. The number of ether oxygens (including phenoxy) is 1. The Hall–Kier alpha value is -2.13. The summed E-state index contributed by atoms with van der Waals surface area (Å²) < 4.78 is 5.55. The molecule has 0 aliphatic rings. The highest BCUT2D eigenvalue weighted by Gasteiger charge is 2.23. The van der Waals surface area contributed by atoms with Gasteiger partial charge in [-0.1, -0.05) is 60.7 Å². The first kappa shape index (κ1) is 17.2. The van der Waals surface area contributed by atoms with Gasteiger partial charge in [0.1, 0.15) is 12.1 Å². The van der Waals surface area contributed by atoms with Crippen LogP contribution in [0.2, 0.25) is 0 Å². The van der Waals surface area contributed by atoms with E-state index in [1.54, 1.807) is 6.92 Å². The quantitative estimate of drug-likeness (QED) is 0.798. The standard InChI is InChI=1S/C20H25NO2/c1-15(21)20(22)23-16(2)19(13-17-9-5-3-6-10-17)14-18-11-7-4-8-12-18/h3-12,15-16,19H,13-14,21H2,1-2H3/t15-,16-/m0/s1. The molecule has 23 heavy (non-hydrogen) atoms. The van der Waals surface area contributed by atoms with Crippen molar-refractivity contribution in [2.75, 3.05) is 0 Å². The lowest BCUT2D eigenvalue weighted by Crippen LogP contribution is -2.35. The summed E-state index contributed by atoms with van der Waals surface area (Å²) in [6.07, 6.45) is 1.54. The van der Waals surface area contributed by atoms with Crippen LogP contribution in [-0.4, -0.2) is 18.1 Å². The Morgan fingerprint density at radius 2 is 1.35 bits per heavy atom. The number of nitrogens with two attached hydrogens (primary N) is 1. The van der Waals surface area contributed by atoms with Gasteiger partial charge in [0.05, 0.1) is 0 Å². The zero-order chi connectivity index (χ0) is 16.7. The van der Waals surface area contributed by atoms with E-state index in [4.69, 9.17) is 10.5 Å². The second-order valence-corrected chi connectivity index (χ2v) is 6.07. The van der Waals surface area contributed by atoms with E-state index in [1.807, 2.05) is 43.3 Å². The second kappa shape index (κ2) is 8.49. The normalized spacial score (nSPS) is 13.6. The van der Waals surface area contributed by atoms with Crippen LogP contribution >= 0.6 is 0 Å². The molecular weight excluding hydrogens is 286 g/mol. The van der Waals surface area contributed by atoms with Crippen LogP contribution in [0, 0.1) is 5.92 Å². The monoisotopic (exact) mass is 311 g/mol. The van der Waals surface area contributed by atoms with Gasteiger partial charge in [-0.3, -0.25) is 4.79 Å². The minimum Gasteiger partial charge on any atom is -0.461 e. The maximum Gasteiger partial charge on any atom is 0.322 e. The molecule has 0 saturated carbocycles. The van der Waals surface area contributed by atoms with Crippen LogP contribution in [-0.2, 0) is 22.4 Å². The van der Waals surface area contributed by atoms with Crippen molar-refractivity contribution < 1.29 is 9.53 Å². The minimum atomic E-state index is -0.591. The molecule has 2 aromatic carbocycles. The Labute approximate surface area is 138 Å². The molecule has 0 aromatic heterocycles. The van der Waals surface area contributed by atoms with Crippen LogP contribution in [0.25, 0.3) is 0 Å². The summed E-state index contributed by atoms with van der Waals surface area (Å²) in [5, 5.41) is 0. The summed E-state index contributed by atoms with van der Waals surface area (Å²) in [5.41, 5.74) is 8.11. The fourth-order valence-electron chi connectivity index (χ4n) is 2.62.